The number of hydrogen-bond donors (Lipinski definition) is 2. The molecule has 0 atom stereocenters. The van der Waals surface area contributed by atoms with Gasteiger partial charge in [-0.15, -0.1) is 0 Å². The second-order valence-electron chi connectivity index (χ2n) is 4.54. The molecule has 1 aromatic heterocycles. The number of H-pyrrole nitrogens is 1. The first kappa shape index (κ1) is 11.3. The summed E-state index contributed by atoms with van der Waals surface area (Å²) in [5.74, 6) is 1.05. The first-order valence-electron chi connectivity index (χ1n) is 6.34. The number of ether oxygens (including phenoxy) is 1. The van der Waals surface area contributed by atoms with Gasteiger partial charge in [0.25, 0.3) is 0 Å². The first-order valence-corrected chi connectivity index (χ1v) is 6.34. The van der Waals surface area contributed by atoms with Crippen LogP contribution in [0.15, 0.2) is 30.7 Å². The van der Waals surface area contributed by atoms with Gasteiger partial charge in [-0.1, -0.05) is 12.1 Å². The van der Waals surface area contributed by atoms with Gasteiger partial charge < -0.3 is 15.0 Å². The number of nitrogens with zero attached hydrogens (tertiary/aromatic N) is 1. The molecule has 0 saturated carbocycles. The van der Waals surface area contributed by atoms with Crippen LogP contribution >= 0.6 is 0 Å². The number of imidazole rings is 1. The van der Waals surface area contributed by atoms with Crippen molar-refractivity contribution in [2.75, 3.05) is 13.2 Å². The van der Waals surface area contributed by atoms with Crippen LogP contribution in [-0.2, 0) is 19.4 Å². The molecule has 1 aromatic carbocycles. The highest BCUT2D eigenvalue weighted by atomic mass is 16.5. The molecule has 0 aliphatic carbocycles. The van der Waals surface area contributed by atoms with E-state index in [2.05, 4.69) is 33.5 Å². The molecule has 1 aliphatic heterocycles. The Labute approximate surface area is 106 Å². The van der Waals surface area contributed by atoms with E-state index in [0.717, 1.165) is 38.3 Å². The van der Waals surface area contributed by atoms with Crippen molar-refractivity contribution in [3.8, 4) is 5.75 Å². The fraction of sp³-hybridized carbons (Fsp3) is 0.357. The third-order valence-electron chi connectivity index (χ3n) is 3.21. The van der Waals surface area contributed by atoms with Gasteiger partial charge in [0.1, 0.15) is 5.75 Å². The maximum atomic E-state index is 5.50. The second kappa shape index (κ2) is 5.23. The molecule has 0 bridgehead atoms. The highest BCUT2D eigenvalue weighted by molar-refractivity contribution is 5.39. The zero-order valence-electron chi connectivity index (χ0n) is 10.3. The lowest BCUT2D eigenvalue weighted by Crippen LogP contribution is -2.16. The Kier molecular flexibility index (Phi) is 3.28. The number of hydrogen-bond acceptors (Lipinski definition) is 3. The third-order valence-corrected chi connectivity index (χ3v) is 3.21. The van der Waals surface area contributed by atoms with Crippen molar-refractivity contribution in [3.63, 3.8) is 0 Å². The maximum absolute atomic E-state index is 5.50. The Bertz CT molecular complexity index is 508. The topological polar surface area (TPSA) is 49.9 Å². The van der Waals surface area contributed by atoms with E-state index in [1.807, 2.05) is 6.20 Å². The predicted molar refractivity (Wildman–Crippen MR) is 69.6 cm³/mol. The van der Waals surface area contributed by atoms with Gasteiger partial charge in [-0.3, -0.25) is 0 Å². The number of aromatic amines is 1. The van der Waals surface area contributed by atoms with Gasteiger partial charge in [0.2, 0.25) is 0 Å². The van der Waals surface area contributed by atoms with Gasteiger partial charge in [0.15, 0.2) is 0 Å². The van der Waals surface area contributed by atoms with E-state index in [0.29, 0.717) is 0 Å². The molecule has 2 N–H and O–H groups in total. The second-order valence-corrected chi connectivity index (χ2v) is 4.54. The minimum absolute atomic E-state index is 0.825. The largest absolute Gasteiger partial charge is 0.493 e. The Morgan fingerprint density at radius 1 is 1.39 bits per heavy atom. The molecule has 2 aromatic rings. The van der Waals surface area contributed by atoms with Crippen LogP contribution in [0.1, 0.15) is 16.8 Å². The summed E-state index contributed by atoms with van der Waals surface area (Å²) < 4.78 is 5.50. The predicted octanol–water partition coefficient (Wildman–Crippen LogP) is 1.68. The molecule has 0 unspecified atom stereocenters. The minimum atomic E-state index is 0.825. The van der Waals surface area contributed by atoms with Gasteiger partial charge in [-0.05, 0) is 17.2 Å². The number of fused-ring (bicyclic) bond motifs is 1. The van der Waals surface area contributed by atoms with Crippen LogP contribution in [0.2, 0.25) is 0 Å². The lowest BCUT2D eigenvalue weighted by molar-refractivity contribution is 0.357. The Hall–Kier alpha value is -1.81. The molecular formula is C14H17N3O. The number of aromatic nitrogens is 2. The van der Waals surface area contributed by atoms with E-state index in [4.69, 9.17) is 4.74 Å². The Morgan fingerprint density at radius 2 is 2.39 bits per heavy atom. The summed E-state index contributed by atoms with van der Waals surface area (Å²) in [6.07, 6.45) is 5.61. The van der Waals surface area contributed by atoms with E-state index in [1.54, 1.807) is 6.33 Å². The lowest BCUT2D eigenvalue weighted by Gasteiger charge is -2.06. The van der Waals surface area contributed by atoms with Gasteiger partial charge in [0.05, 0.1) is 12.9 Å². The van der Waals surface area contributed by atoms with Crippen molar-refractivity contribution in [2.45, 2.75) is 19.4 Å². The van der Waals surface area contributed by atoms with Gasteiger partial charge in [-0.2, -0.15) is 0 Å². The van der Waals surface area contributed by atoms with Crippen molar-refractivity contribution < 1.29 is 4.74 Å². The highest BCUT2D eigenvalue weighted by Gasteiger charge is 2.11. The minimum Gasteiger partial charge on any atom is -0.493 e. The summed E-state index contributed by atoms with van der Waals surface area (Å²) in [4.78, 5) is 7.10. The standard InChI is InChI=1S/C14H17N3O/c1-2-14-12(4-6-18-14)7-11(1)8-15-5-3-13-9-16-10-17-13/h1-2,7,9-10,15H,3-6,8H2,(H,16,17). The molecule has 1 aliphatic rings. The van der Waals surface area contributed by atoms with Crippen LogP contribution in [-0.4, -0.2) is 23.1 Å². The fourth-order valence-corrected chi connectivity index (χ4v) is 2.23. The molecule has 0 amide bonds. The van der Waals surface area contributed by atoms with Gasteiger partial charge >= 0.3 is 0 Å². The monoisotopic (exact) mass is 243 g/mol. The summed E-state index contributed by atoms with van der Waals surface area (Å²) in [5.41, 5.74) is 3.83. The summed E-state index contributed by atoms with van der Waals surface area (Å²) in [6.45, 7) is 2.68. The SMILES string of the molecule is c1ncc(CCNCc2ccc3c(c2)CCO3)[nH]1. The number of nitrogens with one attached hydrogen (secondary N) is 2. The maximum Gasteiger partial charge on any atom is 0.122 e. The van der Waals surface area contributed by atoms with E-state index in [1.165, 1.54) is 16.8 Å². The van der Waals surface area contributed by atoms with Crippen molar-refractivity contribution in [1.82, 2.24) is 15.3 Å². The number of benzene rings is 1. The van der Waals surface area contributed by atoms with Crippen LogP contribution in [0, 0.1) is 0 Å². The molecule has 3 rings (SSSR count). The van der Waals surface area contributed by atoms with Crippen molar-refractivity contribution >= 4 is 0 Å². The zero-order valence-corrected chi connectivity index (χ0v) is 10.3. The summed E-state index contributed by atoms with van der Waals surface area (Å²) in [6, 6.07) is 6.45. The van der Waals surface area contributed by atoms with Crippen molar-refractivity contribution in [1.29, 1.82) is 0 Å². The van der Waals surface area contributed by atoms with Crippen LogP contribution in [0.3, 0.4) is 0 Å². The van der Waals surface area contributed by atoms with E-state index in [9.17, 15) is 0 Å². The lowest BCUT2D eigenvalue weighted by atomic mass is 10.1. The molecule has 4 heteroatoms. The molecule has 4 nitrogen and oxygen atoms in total. The molecule has 0 spiro atoms. The molecule has 0 radical (unpaired) electrons. The average molecular weight is 243 g/mol. The quantitative estimate of drug-likeness (QED) is 0.785. The summed E-state index contributed by atoms with van der Waals surface area (Å²) >= 11 is 0. The van der Waals surface area contributed by atoms with Crippen LogP contribution in [0.25, 0.3) is 0 Å². The summed E-state index contributed by atoms with van der Waals surface area (Å²) in [7, 11) is 0. The molecule has 0 fully saturated rings. The number of rotatable bonds is 5. The van der Waals surface area contributed by atoms with E-state index in [-0.39, 0.29) is 0 Å². The van der Waals surface area contributed by atoms with Crippen molar-refractivity contribution in [2.24, 2.45) is 0 Å². The Morgan fingerprint density at radius 3 is 3.28 bits per heavy atom. The first-order chi connectivity index (χ1) is 8.92. The van der Waals surface area contributed by atoms with Crippen LogP contribution < -0.4 is 10.1 Å². The zero-order chi connectivity index (χ0) is 12.2. The molecule has 0 saturated heterocycles. The fourth-order valence-electron chi connectivity index (χ4n) is 2.23. The van der Waals surface area contributed by atoms with Gasteiger partial charge in [-0.25, -0.2) is 4.98 Å². The average Bonchev–Trinajstić information content (AvgIpc) is 3.05. The molecule has 2 heterocycles. The summed E-state index contributed by atoms with van der Waals surface area (Å²) in [5, 5.41) is 3.44. The highest BCUT2D eigenvalue weighted by Crippen LogP contribution is 2.25. The Balaban J connectivity index is 1.48. The smallest absolute Gasteiger partial charge is 0.122 e. The molecule has 94 valence electrons. The third kappa shape index (κ3) is 2.54. The van der Waals surface area contributed by atoms with E-state index < -0.39 is 0 Å². The van der Waals surface area contributed by atoms with Gasteiger partial charge in [0, 0.05) is 37.8 Å². The van der Waals surface area contributed by atoms with Crippen LogP contribution in [0.4, 0.5) is 0 Å². The van der Waals surface area contributed by atoms with Crippen LogP contribution in [0.5, 0.6) is 5.75 Å². The molecule has 18 heavy (non-hydrogen) atoms. The van der Waals surface area contributed by atoms with Crippen molar-refractivity contribution in [3.05, 3.63) is 47.5 Å². The van der Waals surface area contributed by atoms with E-state index >= 15 is 0 Å². The molecular weight excluding hydrogens is 226 g/mol. The normalized spacial score (nSPS) is 13.3.